The highest BCUT2D eigenvalue weighted by Gasteiger charge is 2.24. The fourth-order valence-corrected chi connectivity index (χ4v) is 4.48. The maximum Gasteiger partial charge on any atom is 0.119 e. The first-order chi connectivity index (χ1) is 10.3. The summed E-state index contributed by atoms with van der Waals surface area (Å²) in [6.07, 6.45) is 6.75. The van der Waals surface area contributed by atoms with Gasteiger partial charge >= 0.3 is 0 Å². The van der Waals surface area contributed by atoms with Gasteiger partial charge in [0.25, 0.3) is 0 Å². The lowest BCUT2D eigenvalue weighted by Gasteiger charge is -2.16. The number of rotatable bonds is 5. The summed E-state index contributed by atoms with van der Waals surface area (Å²) in [6.45, 7) is 0. The van der Waals surface area contributed by atoms with Gasteiger partial charge in [-0.05, 0) is 68.5 Å². The summed E-state index contributed by atoms with van der Waals surface area (Å²) in [5.74, 6) is 1.00. The van der Waals surface area contributed by atoms with Crippen molar-refractivity contribution in [1.82, 2.24) is 5.32 Å². The van der Waals surface area contributed by atoms with Gasteiger partial charge in [-0.2, -0.15) is 0 Å². The Hall–Kier alpha value is -1.32. The van der Waals surface area contributed by atoms with Crippen molar-refractivity contribution in [2.45, 2.75) is 44.2 Å². The van der Waals surface area contributed by atoms with Crippen molar-refractivity contribution in [2.24, 2.45) is 0 Å². The molecule has 1 heterocycles. The summed E-state index contributed by atoms with van der Waals surface area (Å²) >= 11 is 1.98. The zero-order valence-electron chi connectivity index (χ0n) is 12.4. The van der Waals surface area contributed by atoms with Crippen molar-refractivity contribution < 1.29 is 4.74 Å². The van der Waals surface area contributed by atoms with Crippen LogP contribution in [-0.2, 0) is 12.8 Å². The molecule has 0 bridgehead atoms. The SMILES string of the molecule is CNC(c1ccc(OC2CC2)cc1)c1cc2c(s1)CCC2. The molecule has 1 saturated carbocycles. The predicted molar refractivity (Wildman–Crippen MR) is 87.3 cm³/mol. The van der Waals surface area contributed by atoms with Crippen molar-refractivity contribution in [3.8, 4) is 5.75 Å². The number of hydrogen-bond acceptors (Lipinski definition) is 3. The number of nitrogens with one attached hydrogen (secondary N) is 1. The molecular weight excluding hydrogens is 278 g/mol. The van der Waals surface area contributed by atoms with Gasteiger partial charge in [0, 0.05) is 9.75 Å². The zero-order valence-corrected chi connectivity index (χ0v) is 13.2. The molecule has 0 radical (unpaired) electrons. The fourth-order valence-electron chi connectivity index (χ4n) is 3.08. The first-order valence-electron chi connectivity index (χ1n) is 7.89. The van der Waals surface area contributed by atoms with Gasteiger partial charge < -0.3 is 10.1 Å². The van der Waals surface area contributed by atoms with Crippen LogP contribution >= 0.6 is 11.3 Å². The molecule has 110 valence electrons. The Morgan fingerprint density at radius 3 is 2.67 bits per heavy atom. The van der Waals surface area contributed by atoms with Crippen molar-refractivity contribution in [3.63, 3.8) is 0 Å². The summed E-state index contributed by atoms with van der Waals surface area (Å²) < 4.78 is 5.83. The second kappa shape index (κ2) is 5.47. The van der Waals surface area contributed by atoms with E-state index < -0.39 is 0 Å². The minimum atomic E-state index is 0.301. The molecule has 2 nitrogen and oxygen atoms in total. The second-order valence-corrected chi connectivity index (χ2v) is 7.23. The third kappa shape index (κ3) is 2.72. The second-order valence-electron chi connectivity index (χ2n) is 6.06. The number of thiophene rings is 1. The van der Waals surface area contributed by atoms with Crippen LogP contribution in [0.3, 0.4) is 0 Å². The van der Waals surface area contributed by atoms with Gasteiger partial charge in [0.1, 0.15) is 5.75 Å². The van der Waals surface area contributed by atoms with E-state index in [1.165, 1.54) is 42.5 Å². The molecule has 0 saturated heterocycles. The molecule has 2 aromatic rings. The molecule has 2 aliphatic carbocycles. The lowest BCUT2D eigenvalue weighted by atomic mass is 10.0. The van der Waals surface area contributed by atoms with Gasteiger partial charge in [-0.15, -0.1) is 11.3 Å². The van der Waals surface area contributed by atoms with Crippen LogP contribution in [-0.4, -0.2) is 13.2 Å². The molecular formula is C18H21NOS. The molecule has 0 amide bonds. The summed E-state index contributed by atoms with van der Waals surface area (Å²) in [7, 11) is 2.05. The highest BCUT2D eigenvalue weighted by Crippen LogP contribution is 2.36. The summed E-state index contributed by atoms with van der Waals surface area (Å²) in [5, 5.41) is 3.47. The first-order valence-corrected chi connectivity index (χ1v) is 8.70. The van der Waals surface area contributed by atoms with Gasteiger partial charge in [-0.25, -0.2) is 0 Å². The molecule has 1 fully saturated rings. The number of fused-ring (bicyclic) bond motifs is 1. The highest BCUT2D eigenvalue weighted by molar-refractivity contribution is 7.12. The number of ether oxygens (including phenoxy) is 1. The van der Waals surface area contributed by atoms with Crippen LogP contribution in [0.4, 0.5) is 0 Å². The zero-order chi connectivity index (χ0) is 14.2. The predicted octanol–water partition coefficient (Wildman–Crippen LogP) is 4.09. The van der Waals surface area contributed by atoms with Crippen molar-refractivity contribution in [2.75, 3.05) is 7.05 Å². The molecule has 21 heavy (non-hydrogen) atoms. The van der Waals surface area contributed by atoms with E-state index in [2.05, 4.69) is 35.6 Å². The molecule has 1 aromatic carbocycles. The first kappa shape index (κ1) is 13.4. The molecule has 1 unspecified atom stereocenters. The van der Waals surface area contributed by atoms with Gasteiger partial charge in [0.2, 0.25) is 0 Å². The quantitative estimate of drug-likeness (QED) is 0.898. The van der Waals surface area contributed by atoms with E-state index in [4.69, 9.17) is 4.74 Å². The maximum absolute atomic E-state index is 5.83. The molecule has 1 atom stereocenters. The van der Waals surface area contributed by atoms with Crippen LogP contribution in [0.2, 0.25) is 0 Å². The monoisotopic (exact) mass is 299 g/mol. The van der Waals surface area contributed by atoms with Crippen LogP contribution in [0.5, 0.6) is 5.75 Å². The van der Waals surface area contributed by atoms with Crippen LogP contribution in [0.1, 0.15) is 46.2 Å². The van der Waals surface area contributed by atoms with Gasteiger partial charge in [-0.3, -0.25) is 0 Å². The van der Waals surface area contributed by atoms with Crippen LogP contribution in [0.15, 0.2) is 30.3 Å². The van der Waals surface area contributed by atoms with Crippen LogP contribution < -0.4 is 10.1 Å². The van der Waals surface area contributed by atoms with E-state index in [1.54, 1.807) is 10.4 Å². The normalized spacial score (nSPS) is 18.5. The summed E-state index contributed by atoms with van der Waals surface area (Å²) in [6, 6.07) is 11.3. The largest absolute Gasteiger partial charge is 0.490 e. The third-order valence-corrected chi connectivity index (χ3v) is 5.68. The van der Waals surface area contributed by atoms with E-state index in [0.29, 0.717) is 12.1 Å². The van der Waals surface area contributed by atoms with Gasteiger partial charge in [0.05, 0.1) is 12.1 Å². The minimum Gasteiger partial charge on any atom is -0.490 e. The molecule has 3 heteroatoms. The molecule has 0 aliphatic heterocycles. The Bertz CT molecular complexity index is 606. The molecule has 0 spiro atoms. The summed E-state index contributed by atoms with van der Waals surface area (Å²) in [5.41, 5.74) is 2.89. The smallest absolute Gasteiger partial charge is 0.119 e. The molecule has 4 rings (SSSR count). The lowest BCUT2D eigenvalue weighted by molar-refractivity contribution is 0.303. The molecule has 1 N–H and O–H groups in total. The van der Waals surface area contributed by atoms with E-state index in [1.807, 2.05) is 18.4 Å². The Morgan fingerprint density at radius 2 is 2.00 bits per heavy atom. The van der Waals surface area contributed by atoms with Crippen molar-refractivity contribution in [3.05, 3.63) is 51.2 Å². The van der Waals surface area contributed by atoms with Crippen molar-refractivity contribution in [1.29, 1.82) is 0 Å². The number of aryl methyl sites for hydroxylation is 2. The Balaban J connectivity index is 1.56. The average Bonchev–Trinajstić information content (AvgIpc) is 3.05. The fraction of sp³-hybridized carbons (Fsp3) is 0.444. The van der Waals surface area contributed by atoms with Gasteiger partial charge in [0.15, 0.2) is 0 Å². The lowest BCUT2D eigenvalue weighted by Crippen LogP contribution is -2.16. The van der Waals surface area contributed by atoms with Crippen LogP contribution in [0.25, 0.3) is 0 Å². The maximum atomic E-state index is 5.83. The van der Waals surface area contributed by atoms with E-state index in [0.717, 1.165) is 5.75 Å². The van der Waals surface area contributed by atoms with Gasteiger partial charge in [-0.1, -0.05) is 12.1 Å². The Labute approximate surface area is 130 Å². The average molecular weight is 299 g/mol. The third-order valence-electron chi connectivity index (χ3n) is 4.38. The topological polar surface area (TPSA) is 21.3 Å². The van der Waals surface area contributed by atoms with E-state index in [9.17, 15) is 0 Å². The minimum absolute atomic E-state index is 0.301. The van der Waals surface area contributed by atoms with Crippen molar-refractivity contribution >= 4 is 11.3 Å². The number of benzene rings is 1. The molecule has 2 aliphatic rings. The standard InChI is InChI=1S/C18H21NOS/c1-19-18(17-11-13-3-2-4-16(13)21-17)12-5-7-14(8-6-12)20-15-9-10-15/h5-8,11,15,18-19H,2-4,9-10H2,1H3. The van der Waals surface area contributed by atoms with E-state index >= 15 is 0 Å². The molecule has 1 aromatic heterocycles. The summed E-state index contributed by atoms with van der Waals surface area (Å²) in [4.78, 5) is 3.04. The number of hydrogen-bond donors (Lipinski definition) is 1. The van der Waals surface area contributed by atoms with E-state index in [-0.39, 0.29) is 0 Å². The highest BCUT2D eigenvalue weighted by atomic mass is 32.1. The van der Waals surface area contributed by atoms with Crippen LogP contribution in [0, 0.1) is 0 Å². The Morgan fingerprint density at radius 1 is 1.19 bits per heavy atom. The Kier molecular flexibility index (Phi) is 3.48.